The predicted octanol–water partition coefficient (Wildman–Crippen LogP) is 5.62. The summed E-state index contributed by atoms with van der Waals surface area (Å²) in [7, 11) is -0.351. The van der Waals surface area contributed by atoms with Gasteiger partial charge in [-0.1, -0.05) is 12.1 Å². The van der Waals surface area contributed by atoms with E-state index in [1.165, 1.54) is 0 Å². The quantitative estimate of drug-likeness (QED) is 0.333. The molecule has 0 atom stereocenters. The molecule has 6 heteroatoms. The molecule has 0 N–H and O–H groups in total. The van der Waals surface area contributed by atoms with Gasteiger partial charge in [0.25, 0.3) is 5.95 Å². The normalized spacial score (nSPS) is 13.9. The standard InChI is InChI=1S/C19H32O4Si2/c1-10-17(22-24(4,5)6)18(19(21-3)23-25(7,8)9)15-11-13-16(20-2)14-12-15/h10-14H,1-9H3. The summed E-state index contributed by atoms with van der Waals surface area (Å²) in [6, 6.07) is 7.85. The fraction of sp³-hybridized carbons (Fsp3) is 0.474. The fourth-order valence-corrected chi connectivity index (χ4v) is 3.80. The lowest BCUT2D eigenvalue weighted by Crippen LogP contribution is -2.28. The largest absolute Gasteiger partial charge is 0.544 e. The van der Waals surface area contributed by atoms with Crippen molar-refractivity contribution in [3.63, 3.8) is 0 Å². The van der Waals surface area contributed by atoms with E-state index in [4.69, 9.17) is 18.3 Å². The van der Waals surface area contributed by atoms with Crippen molar-refractivity contribution in [1.29, 1.82) is 0 Å². The topological polar surface area (TPSA) is 36.9 Å². The first-order valence-corrected chi connectivity index (χ1v) is 15.3. The minimum absolute atomic E-state index is 0.510. The highest BCUT2D eigenvalue weighted by atomic mass is 28.4. The van der Waals surface area contributed by atoms with Crippen LogP contribution in [0.2, 0.25) is 39.3 Å². The summed E-state index contributed by atoms with van der Waals surface area (Å²) in [6.45, 7) is 14.8. The van der Waals surface area contributed by atoms with E-state index in [1.54, 1.807) is 14.2 Å². The minimum atomic E-state index is -1.85. The highest BCUT2D eigenvalue weighted by Gasteiger charge is 2.27. The first-order chi connectivity index (χ1) is 11.5. The van der Waals surface area contributed by atoms with Crippen LogP contribution in [0.3, 0.4) is 0 Å². The number of benzene rings is 1. The molecule has 0 radical (unpaired) electrons. The first kappa shape index (κ1) is 21.4. The van der Waals surface area contributed by atoms with Crippen molar-refractivity contribution in [3.8, 4) is 5.75 Å². The highest BCUT2D eigenvalue weighted by Crippen LogP contribution is 2.33. The molecule has 0 aliphatic heterocycles. The van der Waals surface area contributed by atoms with Gasteiger partial charge in [-0.25, -0.2) is 0 Å². The van der Waals surface area contributed by atoms with Crippen molar-refractivity contribution in [1.82, 2.24) is 0 Å². The number of ether oxygens (including phenoxy) is 2. The molecule has 140 valence electrons. The zero-order chi connectivity index (χ0) is 19.3. The molecule has 0 bridgehead atoms. The van der Waals surface area contributed by atoms with E-state index in [0.29, 0.717) is 5.95 Å². The Kier molecular flexibility index (Phi) is 7.37. The molecule has 0 aromatic heterocycles. The molecule has 0 aliphatic carbocycles. The SMILES string of the molecule is CC=C(O[Si](C)(C)C)C(=C(OC)O[Si](C)(C)C)c1ccc(OC)cc1. The summed E-state index contributed by atoms with van der Waals surface area (Å²) in [5.74, 6) is 2.11. The molecular weight excluding hydrogens is 348 g/mol. The van der Waals surface area contributed by atoms with Crippen LogP contribution in [0.25, 0.3) is 5.57 Å². The summed E-state index contributed by atoms with van der Waals surface area (Å²) >= 11 is 0. The molecular formula is C19H32O4Si2. The predicted molar refractivity (Wildman–Crippen MR) is 110 cm³/mol. The molecule has 0 saturated heterocycles. The second-order valence-corrected chi connectivity index (χ2v) is 16.5. The molecule has 1 aromatic carbocycles. The molecule has 0 spiro atoms. The smallest absolute Gasteiger partial charge is 0.277 e. The van der Waals surface area contributed by atoms with E-state index < -0.39 is 16.6 Å². The van der Waals surface area contributed by atoms with Crippen molar-refractivity contribution in [2.24, 2.45) is 0 Å². The maximum atomic E-state index is 6.32. The van der Waals surface area contributed by atoms with E-state index in [2.05, 4.69) is 39.3 Å². The Balaban J connectivity index is 3.52. The molecule has 25 heavy (non-hydrogen) atoms. The van der Waals surface area contributed by atoms with Gasteiger partial charge in [0, 0.05) is 0 Å². The molecule has 0 fully saturated rings. The maximum absolute atomic E-state index is 6.32. The Hall–Kier alpha value is -1.67. The maximum Gasteiger partial charge on any atom is 0.277 e. The van der Waals surface area contributed by atoms with E-state index in [1.807, 2.05) is 37.3 Å². The minimum Gasteiger partial charge on any atom is -0.544 e. The fourth-order valence-electron chi connectivity index (χ4n) is 2.18. The average molecular weight is 381 g/mol. The van der Waals surface area contributed by atoms with Crippen LogP contribution in [0, 0.1) is 0 Å². The van der Waals surface area contributed by atoms with Gasteiger partial charge in [0.15, 0.2) is 0 Å². The van der Waals surface area contributed by atoms with E-state index in [0.717, 1.165) is 22.6 Å². The van der Waals surface area contributed by atoms with Crippen molar-refractivity contribution in [3.05, 3.63) is 47.6 Å². The van der Waals surface area contributed by atoms with Crippen LogP contribution in [-0.4, -0.2) is 30.9 Å². The third-order valence-electron chi connectivity index (χ3n) is 3.09. The van der Waals surface area contributed by atoms with Gasteiger partial charge in [-0.3, -0.25) is 0 Å². The van der Waals surface area contributed by atoms with Crippen LogP contribution in [0.1, 0.15) is 12.5 Å². The van der Waals surface area contributed by atoms with Crippen molar-refractivity contribution >= 4 is 22.2 Å². The summed E-state index contributed by atoms with van der Waals surface area (Å²) in [5.41, 5.74) is 1.82. The van der Waals surface area contributed by atoms with E-state index >= 15 is 0 Å². The van der Waals surface area contributed by atoms with Crippen molar-refractivity contribution < 1.29 is 18.3 Å². The van der Waals surface area contributed by atoms with Gasteiger partial charge >= 0.3 is 0 Å². The van der Waals surface area contributed by atoms with Gasteiger partial charge in [0.05, 0.1) is 14.2 Å². The van der Waals surface area contributed by atoms with Crippen LogP contribution >= 0.6 is 0 Å². The van der Waals surface area contributed by atoms with Gasteiger partial charge in [0.2, 0.25) is 16.6 Å². The molecule has 4 nitrogen and oxygen atoms in total. The number of rotatable bonds is 8. The summed E-state index contributed by atoms with van der Waals surface area (Å²) < 4.78 is 23.5. The van der Waals surface area contributed by atoms with Crippen LogP contribution in [0.15, 0.2) is 42.0 Å². The summed E-state index contributed by atoms with van der Waals surface area (Å²) in [4.78, 5) is 0. The number of methoxy groups -OCH3 is 2. The Labute approximate surface area is 154 Å². The molecule has 0 unspecified atom stereocenters. The van der Waals surface area contributed by atoms with Gasteiger partial charge < -0.3 is 18.3 Å². The Morgan fingerprint density at radius 2 is 1.36 bits per heavy atom. The second kappa shape index (κ2) is 8.62. The molecule has 1 rings (SSSR count). The third kappa shape index (κ3) is 6.99. The Bertz CT molecular complexity index is 620. The Morgan fingerprint density at radius 3 is 1.72 bits per heavy atom. The Morgan fingerprint density at radius 1 is 0.840 bits per heavy atom. The lowest BCUT2D eigenvalue weighted by molar-refractivity contribution is 0.149. The van der Waals surface area contributed by atoms with Gasteiger partial charge in [-0.15, -0.1) is 0 Å². The summed E-state index contributed by atoms with van der Waals surface area (Å²) in [6.07, 6.45) is 1.98. The van der Waals surface area contributed by atoms with E-state index in [-0.39, 0.29) is 0 Å². The van der Waals surface area contributed by atoms with Gasteiger partial charge in [0.1, 0.15) is 17.1 Å². The first-order valence-electron chi connectivity index (χ1n) is 8.48. The zero-order valence-corrected chi connectivity index (χ0v) is 19.0. The molecule has 1 aromatic rings. The van der Waals surface area contributed by atoms with Crippen LogP contribution in [0.5, 0.6) is 5.75 Å². The van der Waals surface area contributed by atoms with Crippen LogP contribution in [0.4, 0.5) is 0 Å². The molecule has 0 saturated carbocycles. The van der Waals surface area contributed by atoms with Crippen molar-refractivity contribution in [2.75, 3.05) is 14.2 Å². The average Bonchev–Trinajstić information content (AvgIpc) is 2.51. The number of hydrogen-bond acceptors (Lipinski definition) is 4. The van der Waals surface area contributed by atoms with Gasteiger partial charge in [-0.05, 0) is 70.0 Å². The number of hydrogen-bond donors (Lipinski definition) is 0. The second-order valence-electron chi connectivity index (χ2n) is 7.68. The molecule has 0 aliphatic rings. The summed E-state index contributed by atoms with van der Waals surface area (Å²) in [5, 5.41) is 0. The highest BCUT2D eigenvalue weighted by molar-refractivity contribution is 6.70. The van der Waals surface area contributed by atoms with Gasteiger partial charge in [-0.2, -0.15) is 0 Å². The molecule has 0 heterocycles. The van der Waals surface area contributed by atoms with Crippen LogP contribution < -0.4 is 4.74 Å². The number of allylic oxidation sites excluding steroid dienone is 2. The van der Waals surface area contributed by atoms with Crippen molar-refractivity contribution in [2.45, 2.75) is 46.2 Å². The lowest BCUT2D eigenvalue weighted by Gasteiger charge is -2.27. The zero-order valence-electron chi connectivity index (χ0n) is 17.0. The monoisotopic (exact) mass is 380 g/mol. The van der Waals surface area contributed by atoms with E-state index in [9.17, 15) is 0 Å². The van der Waals surface area contributed by atoms with Crippen LogP contribution in [-0.2, 0) is 13.6 Å². The lowest BCUT2D eigenvalue weighted by atomic mass is 10.0. The molecule has 0 amide bonds. The third-order valence-corrected chi connectivity index (χ3v) is 4.72.